The second-order valence-electron chi connectivity index (χ2n) is 6.67. The summed E-state index contributed by atoms with van der Waals surface area (Å²) < 4.78 is 10.5. The van der Waals surface area contributed by atoms with Crippen molar-refractivity contribution in [3.8, 4) is 5.75 Å². The van der Waals surface area contributed by atoms with Gasteiger partial charge in [-0.2, -0.15) is 0 Å². The highest BCUT2D eigenvalue weighted by molar-refractivity contribution is 5.67. The van der Waals surface area contributed by atoms with Crippen LogP contribution >= 0.6 is 0 Å². The van der Waals surface area contributed by atoms with Gasteiger partial charge in [0.25, 0.3) is 0 Å². The van der Waals surface area contributed by atoms with Crippen molar-refractivity contribution in [2.75, 3.05) is 20.2 Å². The molecular weight excluding hydrogens is 280 g/mol. The predicted molar refractivity (Wildman–Crippen MR) is 86.1 cm³/mol. The van der Waals surface area contributed by atoms with Gasteiger partial charge in [-0.15, -0.1) is 0 Å². The van der Waals surface area contributed by atoms with Crippen LogP contribution in [0.15, 0.2) is 24.3 Å². The molecule has 0 bridgehead atoms. The van der Waals surface area contributed by atoms with Crippen LogP contribution in [0.1, 0.15) is 39.2 Å². The number of alkyl carbamates (subject to hydrolysis) is 1. The fraction of sp³-hybridized carbons (Fsp3) is 0.588. The molecule has 2 rings (SSSR count). The number of amides is 1. The molecule has 0 spiro atoms. The number of hydrogen-bond donors (Lipinski definition) is 2. The second kappa shape index (κ2) is 6.57. The number of ether oxygens (including phenoxy) is 2. The van der Waals surface area contributed by atoms with Crippen LogP contribution in [-0.4, -0.2) is 31.9 Å². The first-order chi connectivity index (χ1) is 10.3. The smallest absolute Gasteiger partial charge is 0.407 e. The van der Waals surface area contributed by atoms with E-state index in [0.29, 0.717) is 6.54 Å². The zero-order valence-corrected chi connectivity index (χ0v) is 13.9. The molecule has 1 atom stereocenters. The molecule has 1 amide bonds. The van der Waals surface area contributed by atoms with Crippen molar-refractivity contribution in [2.24, 2.45) is 0 Å². The van der Waals surface area contributed by atoms with Crippen molar-refractivity contribution in [1.82, 2.24) is 10.6 Å². The van der Waals surface area contributed by atoms with Gasteiger partial charge in [-0.25, -0.2) is 4.79 Å². The number of carbonyl (C=O) groups excluding carboxylic acids is 1. The van der Waals surface area contributed by atoms with Crippen LogP contribution in [0.2, 0.25) is 0 Å². The summed E-state index contributed by atoms with van der Waals surface area (Å²) in [4.78, 5) is 11.7. The van der Waals surface area contributed by atoms with Crippen molar-refractivity contribution in [3.63, 3.8) is 0 Å². The summed E-state index contributed by atoms with van der Waals surface area (Å²) in [6.07, 6.45) is 1.53. The van der Waals surface area contributed by atoms with Crippen molar-refractivity contribution in [2.45, 2.75) is 44.8 Å². The highest BCUT2D eigenvalue weighted by Crippen LogP contribution is 2.35. The lowest BCUT2D eigenvalue weighted by Crippen LogP contribution is -2.55. The first-order valence-electron chi connectivity index (χ1n) is 7.71. The van der Waals surface area contributed by atoms with E-state index in [1.165, 1.54) is 5.56 Å². The van der Waals surface area contributed by atoms with E-state index in [9.17, 15) is 4.79 Å². The minimum absolute atomic E-state index is 0.0543. The van der Waals surface area contributed by atoms with Gasteiger partial charge in [0.1, 0.15) is 11.4 Å². The number of nitrogens with one attached hydrogen (secondary N) is 2. The fourth-order valence-electron chi connectivity index (χ4n) is 2.63. The average Bonchev–Trinajstić information content (AvgIpc) is 2.40. The minimum Gasteiger partial charge on any atom is -0.497 e. The van der Waals surface area contributed by atoms with Crippen LogP contribution < -0.4 is 15.4 Å². The average molecular weight is 306 g/mol. The summed E-state index contributed by atoms with van der Waals surface area (Å²) in [5.41, 5.74) is 0.707. The Bertz CT molecular complexity index is 502. The Kier molecular flexibility index (Phi) is 4.96. The normalized spacial score (nSPS) is 20.9. The lowest BCUT2D eigenvalue weighted by atomic mass is 9.78. The number of methoxy groups -OCH3 is 1. The number of hydrogen-bond acceptors (Lipinski definition) is 4. The van der Waals surface area contributed by atoms with E-state index in [2.05, 4.69) is 22.8 Å². The van der Waals surface area contributed by atoms with Crippen molar-refractivity contribution in [3.05, 3.63) is 29.8 Å². The molecule has 1 saturated heterocycles. The Morgan fingerprint density at radius 2 is 1.95 bits per heavy atom. The highest BCUT2D eigenvalue weighted by Gasteiger charge is 2.37. The Morgan fingerprint density at radius 1 is 1.32 bits per heavy atom. The van der Waals surface area contributed by atoms with Gasteiger partial charge in [0.15, 0.2) is 0 Å². The van der Waals surface area contributed by atoms with Gasteiger partial charge in [0, 0.05) is 12.1 Å². The number of benzene rings is 1. The highest BCUT2D eigenvalue weighted by atomic mass is 16.6. The van der Waals surface area contributed by atoms with Gasteiger partial charge in [0.05, 0.1) is 7.11 Å². The molecule has 1 aromatic rings. The van der Waals surface area contributed by atoms with Gasteiger partial charge in [-0.05, 0) is 57.9 Å². The fourth-order valence-corrected chi connectivity index (χ4v) is 2.63. The van der Waals surface area contributed by atoms with E-state index >= 15 is 0 Å². The van der Waals surface area contributed by atoms with Crippen molar-refractivity contribution < 1.29 is 14.3 Å². The van der Waals surface area contributed by atoms with Crippen LogP contribution in [0.3, 0.4) is 0 Å². The molecule has 1 heterocycles. The molecule has 5 heteroatoms. The summed E-state index contributed by atoms with van der Waals surface area (Å²) in [6.45, 7) is 7.16. The molecule has 1 fully saturated rings. The molecule has 1 aromatic carbocycles. The van der Waals surface area contributed by atoms with Crippen LogP contribution in [0, 0.1) is 0 Å². The van der Waals surface area contributed by atoms with Crippen LogP contribution in [0.5, 0.6) is 5.75 Å². The number of carbonyl (C=O) groups is 1. The number of rotatable bonds is 5. The minimum atomic E-state index is -0.466. The molecule has 0 radical (unpaired) electrons. The van der Waals surface area contributed by atoms with Gasteiger partial charge in [-0.1, -0.05) is 12.1 Å². The zero-order chi connectivity index (χ0) is 16.2. The summed E-state index contributed by atoms with van der Waals surface area (Å²) in [6, 6.07) is 8.10. The third-order valence-corrected chi connectivity index (χ3v) is 3.88. The van der Waals surface area contributed by atoms with Crippen molar-refractivity contribution >= 4 is 6.09 Å². The lowest BCUT2D eigenvalue weighted by molar-refractivity contribution is 0.0517. The SMILES string of the molecule is COc1ccc(C2(CCNC(=O)OC(C)(C)C)CCN2)cc1. The Labute approximate surface area is 132 Å². The molecule has 0 saturated carbocycles. The van der Waals surface area contributed by atoms with Crippen LogP contribution in [-0.2, 0) is 10.3 Å². The summed E-state index contributed by atoms with van der Waals surface area (Å²) >= 11 is 0. The van der Waals surface area contributed by atoms with Crippen molar-refractivity contribution in [1.29, 1.82) is 0 Å². The molecule has 22 heavy (non-hydrogen) atoms. The lowest BCUT2D eigenvalue weighted by Gasteiger charge is -2.44. The van der Waals surface area contributed by atoms with Gasteiger partial charge in [-0.3, -0.25) is 0 Å². The monoisotopic (exact) mass is 306 g/mol. The molecule has 1 aliphatic rings. The predicted octanol–water partition coefficient (Wildman–Crippen LogP) is 2.80. The largest absolute Gasteiger partial charge is 0.497 e. The van der Waals surface area contributed by atoms with E-state index < -0.39 is 5.60 Å². The van der Waals surface area contributed by atoms with E-state index in [1.54, 1.807) is 7.11 Å². The van der Waals surface area contributed by atoms with Gasteiger partial charge >= 0.3 is 6.09 Å². The van der Waals surface area contributed by atoms with Gasteiger partial charge < -0.3 is 20.1 Å². The summed E-state index contributed by atoms with van der Waals surface area (Å²) in [5, 5.41) is 6.33. The third kappa shape index (κ3) is 4.13. The zero-order valence-electron chi connectivity index (χ0n) is 13.9. The Balaban J connectivity index is 1.90. The van der Waals surface area contributed by atoms with E-state index in [0.717, 1.165) is 25.1 Å². The molecule has 1 unspecified atom stereocenters. The maximum atomic E-state index is 11.7. The van der Waals surface area contributed by atoms with Crippen LogP contribution in [0.4, 0.5) is 4.79 Å². The Hall–Kier alpha value is -1.75. The summed E-state index contributed by atoms with van der Waals surface area (Å²) in [7, 11) is 1.66. The van der Waals surface area contributed by atoms with E-state index in [-0.39, 0.29) is 11.6 Å². The molecule has 0 aromatic heterocycles. The molecule has 1 aliphatic heterocycles. The topological polar surface area (TPSA) is 59.6 Å². The molecule has 2 N–H and O–H groups in total. The Morgan fingerprint density at radius 3 is 2.41 bits per heavy atom. The maximum Gasteiger partial charge on any atom is 0.407 e. The molecule has 122 valence electrons. The quantitative estimate of drug-likeness (QED) is 0.878. The summed E-state index contributed by atoms with van der Waals surface area (Å²) in [5.74, 6) is 0.852. The first kappa shape index (κ1) is 16.6. The second-order valence-corrected chi connectivity index (χ2v) is 6.67. The van der Waals surface area contributed by atoms with E-state index in [4.69, 9.17) is 9.47 Å². The maximum absolute atomic E-state index is 11.7. The molecule has 5 nitrogen and oxygen atoms in total. The molecular formula is C17H26N2O3. The van der Waals surface area contributed by atoms with Gasteiger partial charge in [0.2, 0.25) is 0 Å². The standard InChI is InChI=1S/C17H26N2O3/c1-16(2,3)22-15(20)18-11-9-17(10-12-19-17)13-5-7-14(21-4)8-6-13/h5-8,19H,9-12H2,1-4H3,(H,18,20). The third-order valence-electron chi connectivity index (χ3n) is 3.88. The molecule has 0 aliphatic carbocycles. The van der Waals surface area contributed by atoms with Crippen LogP contribution in [0.25, 0.3) is 0 Å². The first-order valence-corrected chi connectivity index (χ1v) is 7.71. The van der Waals surface area contributed by atoms with E-state index in [1.807, 2.05) is 32.9 Å².